The zero-order valence-electron chi connectivity index (χ0n) is 12.8. The van der Waals surface area contributed by atoms with Crippen LogP contribution in [0, 0.1) is 45.1 Å². The van der Waals surface area contributed by atoms with Crippen molar-refractivity contribution in [3.63, 3.8) is 0 Å². The topological polar surface area (TPSA) is 112 Å². The summed E-state index contributed by atoms with van der Waals surface area (Å²) in [5.74, 6) is 6.11. The molecule has 122 valence electrons. The Hall–Kier alpha value is -2.16. The van der Waals surface area contributed by atoms with E-state index in [9.17, 15) is 0 Å². The van der Waals surface area contributed by atoms with Crippen molar-refractivity contribution in [2.75, 3.05) is 6.54 Å². The van der Waals surface area contributed by atoms with E-state index < -0.39 is 0 Å². The standard InChI is InChI=1S/C12H13N.5CO.Cr/c1-2-10-13-11-6-9-12-7-4-3-5-8-12;5*1-2;/h3-5,7-8,13H,2,10H2,1H3;;;;;;. The molecule has 0 fully saturated rings. The van der Waals surface area contributed by atoms with Crippen LogP contribution in [0.3, 0.4) is 0 Å². The Balaban J connectivity index is -0.000000103. The number of rotatable bonds is 3. The van der Waals surface area contributed by atoms with E-state index in [-0.39, 0.29) is 0 Å². The van der Waals surface area contributed by atoms with Gasteiger partial charge in [-0.05, 0) is 0 Å². The van der Waals surface area contributed by atoms with Crippen molar-refractivity contribution in [2.45, 2.75) is 13.3 Å². The monoisotopic (exact) mass is 363 g/mol. The van der Waals surface area contributed by atoms with Crippen molar-refractivity contribution in [1.29, 1.82) is 0 Å². The first-order valence-corrected chi connectivity index (χ1v) is 6.33. The minimum absolute atomic E-state index is 0.913. The summed E-state index contributed by atoms with van der Waals surface area (Å²) in [7, 11) is 0. The maximum absolute atomic E-state index is 7.50. The van der Waals surface area contributed by atoms with E-state index in [1.54, 1.807) is 0 Å². The number of benzene rings is 1. The molecule has 0 aliphatic carbocycles. The van der Waals surface area contributed by atoms with Gasteiger partial charge in [-0.3, -0.25) is 0 Å². The molecule has 24 heavy (non-hydrogen) atoms. The van der Waals surface area contributed by atoms with E-state index in [0.29, 0.717) is 0 Å². The van der Waals surface area contributed by atoms with Gasteiger partial charge in [-0.1, -0.05) is 0 Å². The third kappa shape index (κ3) is 32.0. The quantitative estimate of drug-likeness (QED) is 0.490. The van der Waals surface area contributed by atoms with Crippen LogP contribution in [0.15, 0.2) is 30.3 Å². The summed E-state index contributed by atoms with van der Waals surface area (Å²) in [6, 6.07) is 9.97. The molecule has 1 aromatic carbocycles. The molecular formula is C17H13CrNO5. The van der Waals surface area contributed by atoms with Gasteiger partial charge >= 0.3 is 150 Å². The van der Waals surface area contributed by atoms with Crippen LogP contribution in [0.4, 0.5) is 0 Å². The van der Waals surface area contributed by atoms with Gasteiger partial charge in [0, 0.05) is 0 Å². The Morgan fingerprint density at radius 1 is 0.917 bits per heavy atom. The Bertz CT molecular complexity index is 513. The number of hydrogen-bond donors (Lipinski definition) is 1. The van der Waals surface area contributed by atoms with Gasteiger partial charge in [-0.2, -0.15) is 0 Å². The summed E-state index contributed by atoms with van der Waals surface area (Å²) >= 11 is 2.91. The molecule has 1 aromatic rings. The Morgan fingerprint density at radius 3 is 1.71 bits per heavy atom. The third-order valence-corrected chi connectivity index (χ3v) is 2.01. The van der Waals surface area contributed by atoms with Gasteiger partial charge in [0.2, 0.25) is 0 Å². The van der Waals surface area contributed by atoms with Crippen molar-refractivity contribution < 1.29 is 39.1 Å². The SMILES string of the molecule is CCCN[C](=[Cr])C#Cc1ccccc1.[C-]#[O+].[C-]#[O+].[C-]#[O+].[C-]#[O+].[C-]#[O+]. The summed E-state index contributed by atoms with van der Waals surface area (Å²) in [4.78, 5) is 0. The molecule has 0 spiro atoms. The fraction of sp³-hybridized carbons (Fsp3) is 0.176. The van der Waals surface area contributed by atoms with Gasteiger partial charge in [0.25, 0.3) is 0 Å². The van der Waals surface area contributed by atoms with Crippen LogP contribution in [-0.2, 0) is 39.1 Å². The van der Waals surface area contributed by atoms with Crippen LogP contribution in [0.2, 0.25) is 0 Å². The molecule has 0 aliphatic heterocycles. The molecule has 1 rings (SSSR count). The Kier molecular flexibility index (Phi) is 59.7. The molecule has 0 radical (unpaired) electrons. The van der Waals surface area contributed by atoms with Crippen LogP contribution in [0.5, 0.6) is 0 Å². The third-order valence-electron chi connectivity index (χ3n) is 1.63. The Labute approximate surface area is 150 Å². The molecule has 0 amide bonds. The second-order valence-electron chi connectivity index (χ2n) is 2.87. The van der Waals surface area contributed by atoms with Gasteiger partial charge in [0.05, 0.1) is 0 Å². The van der Waals surface area contributed by atoms with Crippen molar-refractivity contribution in [3.05, 3.63) is 69.1 Å². The molecule has 0 unspecified atom stereocenters. The van der Waals surface area contributed by atoms with Gasteiger partial charge < -0.3 is 0 Å². The minimum atomic E-state index is 0.913. The molecule has 0 aliphatic rings. The van der Waals surface area contributed by atoms with E-state index in [0.717, 1.165) is 23.0 Å². The zero-order chi connectivity index (χ0) is 20.2. The maximum atomic E-state index is 7.50. The first-order chi connectivity index (χ1) is 11.8. The first-order valence-electron chi connectivity index (χ1n) is 5.70. The van der Waals surface area contributed by atoms with Crippen LogP contribution in [0.1, 0.15) is 18.9 Å². The van der Waals surface area contributed by atoms with Crippen LogP contribution < -0.4 is 5.32 Å². The van der Waals surface area contributed by atoms with Gasteiger partial charge in [-0.15, -0.1) is 0 Å². The van der Waals surface area contributed by atoms with Crippen molar-refractivity contribution in [3.8, 4) is 11.8 Å². The molecule has 0 aromatic heterocycles. The first kappa shape index (κ1) is 33.4. The summed E-state index contributed by atoms with van der Waals surface area (Å²) in [6.45, 7) is 25.6. The number of hydrogen-bond acceptors (Lipinski definition) is 1. The summed E-state index contributed by atoms with van der Waals surface area (Å²) in [5.41, 5.74) is 1.04. The van der Waals surface area contributed by atoms with E-state index in [1.165, 1.54) is 0 Å². The summed E-state index contributed by atoms with van der Waals surface area (Å²) in [6.07, 6.45) is 1.11. The second kappa shape index (κ2) is 42.8. The molecule has 0 bridgehead atoms. The molecular weight excluding hydrogens is 350 g/mol. The molecule has 0 saturated carbocycles. The van der Waals surface area contributed by atoms with Gasteiger partial charge in [-0.25, -0.2) is 0 Å². The molecule has 1 N–H and O–H groups in total. The zero-order valence-corrected chi connectivity index (χ0v) is 14.0. The molecule has 7 heteroatoms. The van der Waals surface area contributed by atoms with Gasteiger partial charge in [0.1, 0.15) is 0 Å². The molecule has 6 nitrogen and oxygen atoms in total. The molecule has 0 heterocycles. The fourth-order valence-corrected chi connectivity index (χ4v) is 1.17. The van der Waals surface area contributed by atoms with Crippen molar-refractivity contribution in [1.82, 2.24) is 5.32 Å². The van der Waals surface area contributed by atoms with Crippen molar-refractivity contribution in [2.24, 2.45) is 0 Å². The Morgan fingerprint density at radius 2 is 1.33 bits per heavy atom. The molecule has 0 saturated heterocycles. The van der Waals surface area contributed by atoms with E-state index in [2.05, 4.69) is 73.2 Å². The molecule has 0 atom stereocenters. The summed E-state index contributed by atoms with van der Waals surface area (Å²) in [5, 5.41) is 3.19. The predicted molar refractivity (Wildman–Crippen MR) is 76.3 cm³/mol. The van der Waals surface area contributed by atoms with Crippen LogP contribution in [-0.4, -0.2) is 11.0 Å². The second-order valence-corrected chi connectivity index (χ2v) is 3.51. The van der Waals surface area contributed by atoms with E-state index in [1.807, 2.05) is 30.3 Å². The normalized spacial score (nSPS) is 5.62. The fourth-order valence-electron chi connectivity index (χ4n) is 0.933. The average molecular weight is 363 g/mol. The van der Waals surface area contributed by atoms with Crippen LogP contribution in [0.25, 0.3) is 0 Å². The predicted octanol–water partition coefficient (Wildman–Crippen LogP) is 1.53. The van der Waals surface area contributed by atoms with E-state index in [4.69, 9.17) is 23.3 Å². The summed E-state index contributed by atoms with van der Waals surface area (Å²) < 4.78 is 38.4. The number of nitrogens with one attached hydrogen (secondary N) is 1. The average Bonchev–Trinajstić information content (AvgIpc) is 2.73. The van der Waals surface area contributed by atoms with Crippen molar-refractivity contribution >= 4 is 4.50 Å². The van der Waals surface area contributed by atoms with Crippen LogP contribution >= 0.6 is 0 Å². The van der Waals surface area contributed by atoms with E-state index >= 15 is 0 Å². The van der Waals surface area contributed by atoms with Gasteiger partial charge in [0.15, 0.2) is 0 Å².